The average molecular weight is 390 g/mol. The van der Waals surface area contributed by atoms with Crippen LogP contribution in [0.1, 0.15) is 5.56 Å². The third-order valence-electron chi connectivity index (χ3n) is 3.54. The number of ketones is 1. The normalized spacial score (nSPS) is 15.9. The molecule has 1 aromatic carbocycles. The van der Waals surface area contributed by atoms with Crippen LogP contribution in [0.3, 0.4) is 0 Å². The third-order valence-corrected chi connectivity index (χ3v) is 3.54. The van der Waals surface area contributed by atoms with E-state index in [0.29, 0.717) is 0 Å². The van der Waals surface area contributed by atoms with Crippen molar-refractivity contribution in [1.82, 2.24) is 0 Å². The van der Waals surface area contributed by atoms with Gasteiger partial charge in [0, 0.05) is 6.42 Å². The predicted octanol–water partition coefficient (Wildman–Crippen LogP) is 0.577. The Hall–Kier alpha value is -1.47. The van der Waals surface area contributed by atoms with Crippen LogP contribution in [0.25, 0.3) is 0 Å². The van der Waals surface area contributed by atoms with Crippen LogP contribution in [0.5, 0.6) is 0 Å². The summed E-state index contributed by atoms with van der Waals surface area (Å²) in [6, 6.07) is 9.04. The molecule has 0 aliphatic heterocycles. The SMILES string of the molecule is COO[C@H]([C@@H](OOC)[C@@H](OOC)C(=O)Cc1ccccc1)[C@H](CO)OOC. The van der Waals surface area contributed by atoms with Gasteiger partial charge in [0.1, 0.15) is 6.10 Å². The van der Waals surface area contributed by atoms with Gasteiger partial charge in [-0.2, -0.15) is 0 Å². The van der Waals surface area contributed by atoms with E-state index in [-0.39, 0.29) is 12.2 Å². The van der Waals surface area contributed by atoms with Gasteiger partial charge in [-0.25, -0.2) is 39.1 Å². The van der Waals surface area contributed by atoms with Crippen LogP contribution in [0, 0.1) is 0 Å². The lowest BCUT2D eigenvalue weighted by Gasteiger charge is -2.32. The average Bonchev–Trinajstić information content (AvgIpc) is 2.68. The fourth-order valence-electron chi connectivity index (χ4n) is 2.43. The van der Waals surface area contributed by atoms with E-state index in [2.05, 4.69) is 4.89 Å². The molecule has 4 atom stereocenters. The number of Topliss-reactive ketones (excluding diaryl/α,β-unsaturated/α-hetero) is 1. The van der Waals surface area contributed by atoms with Gasteiger partial charge in [0.2, 0.25) is 0 Å². The molecule has 0 aliphatic carbocycles. The van der Waals surface area contributed by atoms with Crippen LogP contribution in [-0.4, -0.2) is 70.4 Å². The summed E-state index contributed by atoms with van der Waals surface area (Å²) in [5.41, 5.74) is 0.763. The number of rotatable bonds is 15. The van der Waals surface area contributed by atoms with Gasteiger partial charge >= 0.3 is 0 Å². The summed E-state index contributed by atoms with van der Waals surface area (Å²) in [5, 5.41) is 9.56. The highest BCUT2D eigenvalue weighted by molar-refractivity contribution is 5.85. The lowest BCUT2D eigenvalue weighted by atomic mass is 9.96. The molecule has 1 rings (SSSR count). The van der Waals surface area contributed by atoms with E-state index < -0.39 is 31.0 Å². The van der Waals surface area contributed by atoms with Gasteiger partial charge < -0.3 is 5.11 Å². The number of carbonyl (C=O) groups is 1. The number of hydrogen-bond acceptors (Lipinski definition) is 10. The molecule has 10 heteroatoms. The van der Waals surface area contributed by atoms with E-state index in [0.717, 1.165) is 5.56 Å². The topological polar surface area (TPSA) is 111 Å². The zero-order valence-corrected chi connectivity index (χ0v) is 15.7. The first-order valence-electron chi connectivity index (χ1n) is 8.08. The number of aliphatic hydroxyl groups excluding tert-OH is 1. The summed E-state index contributed by atoms with van der Waals surface area (Å²) < 4.78 is 0. The predicted molar refractivity (Wildman–Crippen MR) is 89.8 cm³/mol. The molecule has 0 heterocycles. The summed E-state index contributed by atoms with van der Waals surface area (Å²) in [5.74, 6) is -0.385. The second-order valence-corrected chi connectivity index (χ2v) is 5.25. The molecule has 0 aliphatic rings. The first kappa shape index (κ1) is 23.6. The molecule has 27 heavy (non-hydrogen) atoms. The minimum atomic E-state index is -1.29. The molecule has 0 unspecified atom stereocenters. The standard InChI is InChI=1S/C17H26O10/c1-20-24-14(11-18)16(26-22-3)17(27-23-4)15(25-21-2)13(19)10-12-8-6-5-7-9-12/h5-9,14-18H,10-11H2,1-4H3/t14-,15-,16-,17-/m0/s1. The Bertz CT molecular complexity index is 512. The van der Waals surface area contributed by atoms with Gasteiger partial charge in [-0.3, -0.25) is 4.79 Å². The fourth-order valence-corrected chi connectivity index (χ4v) is 2.43. The molecule has 1 aromatic rings. The summed E-state index contributed by atoms with van der Waals surface area (Å²) in [4.78, 5) is 52.0. The van der Waals surface area contributed by atoms with E-state index in [1.807, 2.05) is 18.2 Å². The smallest absolute Gasteiger partial charge is 0.183 e. The van der Waals surface area contributed by atoms with E-state index in [4.69, 9.17) is 34.2 Å². The van der Waals surface area contributed by atoms with Crippen molar-refractivity contribution in [1.29, 1.82) is 0 Å². The van der Waals surface area contributed by atoms with Crippen molar-refractivity contribution in [2.24, 2.45) is 0 Å². The Morgan fingerprint density at radius 2 is 1.41 bits per heavy atom. The molecule has 0 saturated heterocycles. The van der Waals surface area contributed by atoms with Gasteiger partial charge in [-0.05, 0) is 5.56 Å². The molecule has 1 N–H and O–H groups in total. The maximum atomic E-state index is 12.8. The Morgan fingerprint density at radius 1 is 0.852 bits per heavy atom. The summed E-state index contributed by atoms with van der Waals surface area (Å²) in [6.45, 7) is -0.530. The zero-order valence-electron chi connectivity index (χ0n) is 15.7. The minimum absolute atomic E-state index is 0.0348. The molecule has 0 saturated carbocycles. The quantitative estimate of drug-likeness (QED) is 0.337. The van der Waals surface area contributed by atoms with Crippen LogP contribution >= 0.6 is 0 Å². The molecule has 10 nitrogen and oxygen atoms in total. The number of hydrogen-bond donors (Lipinski definition) is 1. The zero-order chi connectivity index (χ0) is 20.1. The van der Waals surface area contributed by atoms with E-state index in [1.54, 1.807) is 12.1 Å². The Morgan fingerprint density at radius 3 is 1.93 bits per heavy atom. The molecule has 154 valence electrons. The second-order valence-electron chi connectivity index (χ2n) is 5.25. The molecule has 0 radical (unpaired) electrons. The highest BCUT2D eigenvalue weighted by Crippen LogP contribution is 2.20. The van der Waals surface area contributed by atoms with Crippen molar-refractivity contribution in [3.8, 4) is 0 Å². The number of aliphatic hydroxyl groups is 1. The van der Waals surface area contributed by atoms with Gasteiger partial charge in [0.05, 0.1) is 35.0 Å². The minimum Gasteiger partial charge on any atom is -0.393 e. The van der Waals surface area contributed by atoms with Crippen LogP contribution in [0.15, 0.2) is 30.3 Å². The lowest BCUT2D eigenvalue weighted by molar-refractivity contribution is -0.435. The first-order chi connectivity index (χ1) is 13.1. The van der Waals surface area contributed by atoms with E-state index in [1.165, 1.54) is 28.4 Å². The maximum Gasteiger partial charge on any atom is 0.183 e. The van der Waals surface area contributed by atoms with Gasteiger partial charge in [-0.15, -0.1) is 0 Å². The van der Waals surface area contributed by atoms with Crippen molar-refractivity contribution in [3.05, 3.63) is 35.9 Å². The molecular weight excluding hydrogens is 364 g/mol. The van der Waals surface area contributed by atoms with Crippen molar-refractivity contribution < 1.29 is 49.0 Å². The van der Waals surface area contributed by atoms with Crippen LogP contribution in [0.2, 0.25) is 0 Å². The highest BCUT2D eigenvalue weighted by atomic mass is 17.2. The lowest BCUT2D eigenvalue weighted by Crippen LogP contribution is -2.53. The van der Waals surface area contributed by atoms with Crippen LogP contribution < -0.4 is 0 Å². The van der Waals surface area contributed by atoms with E-state index >= 15 is 0 Å². The van der Waals surface area contributed by atoms with Gasteiger partial charge in [0.25, 0.3) is 0 Å². The Balaban J connectivity index is 3.10. The fraction of sp³-hybridized carbons (Fsp3) is 0.588. The van der Waals surface area contributed by atoms with Crippen LogP contribution in [-0.2, 0) is 50.3 Å². The molecule has 0 fully saturated rings. The maximum absolute atomic E-state index is 12.8. The highest BCUT2D eigenvalue weighted by Gasteiger charge is 2.44. The van der Waals surface area contributed by atoms with Crippen molar-refractivity contribution in [3.63, 3.8) is 0 Å². The summed E-state index contributed by atoms with van der Waals surface area (Å²) in [6.07, 6.45) is -4.72. The Labute approximate surface area is 157 Å². The summed E-state index contributed by atoms with van der Waals surface area (Å²) in [7, 11) is 4.99. The summed E-state index contributed by atoms with van der Waals surface area (Å²) >= 11 is 0. The van der Waals surface area contributed by atoms with Crippen molar-refractivity contribution in [2.45, 2.75) is 30.8 Å². The Kier molecular flexibility index (Phi) is 11.9. The van der Waals surface area contributed by atoms with Gasteiger partial charge in [0.15, 0.2) is 24.1 Å². The molecule has 0 aromatic heterocycles. The molecule has 0 bridgehead atoms. The van der Waals surface area contributed by atoms with Crippen molar-refractivity contribution >= 4 is 5.78 Å². The third kappa shape index (κ3) is 7.58. The number of carbonyl (C=O) groups excluding carboxylic acids is 1. The van der Waals surface area contributed by atoms with Gasteiger partial charge in [-0.1, -0.05) is 30.3 Å². The second kappa shape index (κ2) is 13.7. The van der Waals surface area contributed by atoms with Crippen molar-refractivity contribution in [2.75, 3.05) is 35.0 Å². The van der Waals surface area contributed by atoms with E-state index in [9.17, 15) is 9.90 Å². The molecular formula is C17H26O10. The largest absolute Gasteiger partial charge is 0.393 e. The number of benzene rings is 1. The monoisotopic (exact) mass is 390 g/mol. The molecule has 0 spiro atoms. The first-order valence-corrected chi connectivity index (χ1v) is 8.08. The van der Waals surface area contributed by atoms with Crippen LogP contribution in [0.4, 0.5) is 0 Å². The molecule has 0 amide bonds.